The highest BCUT2D eigenvalue weighted by atomic mass is 79.9. The van der Waals surface area contributed by atoms with E-state index < -0.39 is 56.0 Å². The number of esters is 1. The van der Waals surface area contributed by atoms with Crippen molar-refractivity contribution in [2.75, 3.05) is 13.7 Å². The van der Waals surface area contributed by atoms with E-state index in [9.17, 15) is 24.1 Å². The number of aromatic amines is 1. The van der Waals surface area contributed by atoms with Gasteiger partial charge in [0.2, 0.25) is 0 Å². The fourth-order valence-electron chi connectivity index (χ4n) is 3.30. The molecule has 196 valence electrons. The van der Waals surface area contributed by atoms with Crippen LogP contribution in [0.5, 0.6) is 5.75 Å². The number of carbonyl (C=O) groups excluding carboxylic acids is 1. The number of ether oxygens (including phenoxy) is 2. The van der Waals surface area contributed by atoms with Crippen LogP contribution in [0.25, 0.3) is 6.08 Å². The minimum absolute atomic E-state index is 0.00816. The minimum atomic E-state index is -4.20. The Hall–Kier alpha value is -2.25. The summed E-state index contributed by atoms with van der Waals surface area (Å²) in [5.41, 5.74) is -1.13. The number of benzene rings is 1. The van der Waals surface area contributed by atoms with Gasteiger partial charge in [-0.25, -0.2) is 9.36 Å². The van der Waals surface area contributed by atoms with Crippen molar-refractivity contribution in [3.63, 3.8) is 0 Å². The Morgan fingerprint density at radius 3 is 2.75 bits per heavy atom. The van der Waals surface area contributed by atoms with Crippen LogP contribution in [0.3, 0.4) is 0 Å². The lowest BCUT2D eigenvalue weighted by Crippen LogP contribution is -2.36. The van der Waals surface area contributed by atoms with Gasteiger partial charge in [0.05, 0.1) is 25.4 Å². The summed E-state index contributed by atoms with van der Waals surface area (Å²) in [4.78, 5) is 39.7. The highest BCUT2D eigenvalue weighted by molar-refractivity contribution is 9.11. The molecule has 1 saturated heterocycles. The summed E-state index contributed by atoms with van der Waals surface area (Å²) in [6, 6.07) is 4.89. The van der Waals surface area contributed by atoms with Crippen molar-refractivity contribution in [1.29, 1.82) is 0 Å². The van der Waals surface area contributed by atoms with E-state index in [-0.39, 0.29) is 17.7 Å². The average Bonchev–Trinajstić information content (AvgIpc) is 3.20. The first kappa shape index (κ1) is 28.3. The van der Waals surface area contributed by atoms with Gasteiger partial charge in [-0.05, 0) is 42.3 Å². The molecule has 2 unspecified atom stereocenters. The number of aliphatic hydroxyl groups excluding tert-OH is 1. The second-order valence-electron chi connectivity index (χ2n) is 7.69. The number of aromatic nitrogens is 2. The molecule has 0 radical (unpaired) electrons. The topological polar surface area (TPSA) is 158 Å². The number of halogens is 2. The minimum Gasteiger partial charge on any atom is -0.468 e. The maximum Gasteiger partial charge on any atom is 0.459 e. The van der Waals surface area contributed by atoms with E-state index in [2.05, 4.69) is 30.7 Å². The van der Waals surface area contributed by atoms with Crippen LogP contribution >= 0.6 is 35.3 Å². The van der Waals surface area contributed by atoms with Crippen LogP contribution in [0.4, 0.5) is 0 Å². The van der Waals surface area contributed by atoms with E-state index in [1.165, 1.54) is 55.6 Å². The quantitative estimate of drug-likeness (QED) is 0.270. The normalized spacial score (nSPS) is 22.3. The molecule has 5 atom stereocenters. The third-order valence-electron chi connectivity index (χ3n) is 5.11. The van der Waals surface area contributed by atoms with Crippen molar-refractivity contribution in [3.8, 4) is 5.75 Å². The number of hydrogen-bond acceptors (Lipinski definition) is 9. The van der Waals surface area contributed by atoms with E-state index in [1.54, 1.807) is 0 Å². The summed E-state index contributed by atoms with van der Waals surface area (Å²) in [5.74, 6) is -0.563. The number of nitrogens with one attached hydrogen (secondary N) is 2. The number of H-pyrrole nitrogens is 1. The third kappa shape index (κ3) is 7.16. The van der Waals surface area contributed by atoms with Gasteiger partial charge in [0.1, 0.15) is 24.1 Å². The number of hydrogen-bond donors (Lipinski definition) is 3. The molecule has 0 amide bonds. The van der Waals surface area contributed by atoms with Gasteiger partial charge >= 0.3 is 19.4 Å². The molecule has 0 spiro atoms. The van der Waals surface area contributed by atoms with Crippen LogP contribution in [0.2, 0.25) is 5.02 Å². The second-order valence-corrected chi connectivity index (χ2v) is 10.3. The number of methoxy groups -OCH3 is 1. The highest BCUT2D eigenvalue weighted by Crippen LogP contribution is 2.46. The predicted molar refractivity (Wildman–Crippen MR) is 134 cm³/mol. The Kier molecular flexibility index (Phi) is 9.70. The lowest BCUT2D eigenvalue weighted by atomic mass is 10.2. The molecule has 36 heavy (non-hydrogen) atoms. The molecule has 1 aliphatic heterocycles. The molecule has 2 aromatic rings. The zero-order chi connectivity index (χ0) is 26.5. The SMILES string of the molecule is COC(=O)[C@H](C)NP(=O)(OC[C@H]1O[C@@H](n2cc(C=CBr)c(=O)[nH]c2=O)CC1O)Oc1ccc(Cl)cc1. The van der Waals surface area contributed by atoms with Crippen molar-refractivity contribution < 1.29 is 33.0 Å². The van der Waals surface area contributed by atoms with Crippen molar-refractivity contribution in [1.82, 2.24) is 14.6 Å². The molecule has 3 rings (SSSR count). The molecule has 12 nitrogen and oxygen atoms in total. The van der Waals surface area contributed by atoms with E-state index >= 15 is 0 Å². The standard InChI is InChI=1S/C21H24BrClN3O9P/c1-12(20(29)32-2)25-36(31,35-15-5-3-14(23)4-6-15)33-11-17-16(27)9-18(34-17)26-10-13(7-8-22)19(28)24-21(26)30/h3-8,10,12,16-18,27H,9,11H2,1-2H3,(H,25,31)(H,24,28,30)/t12-,16?,17+,18+,36?/m0/s1. The fourth-order valence-corrected chi connectivity index (χ4v) is 5.21. The largest absolute Gasteiger partial charge is 0.468 e. The van der Waals surface area contributed by atoms with Crippen LogP contribution in [0.1, 0.15) is 25.1 Å². The van der Waals surface area contributed by atoms with Gasteiger partial charge < -0.3 is 19.1 Å². The zero-order valence-corrected chi connectivity index (χ0v) is 22.4. The highest BCUT2D eigenvalue weighted by Gasteiger charge is 2.39. The Morgan fingerprint density at radius 1 is 1.42 bits per heavy atom. The second kappa shape index (κ2) is 12.3. The van der Waals surface area contributed by atoms with Crippen LogP contribution in [-0.2, 0) is 23.4 Å². The smallest absolute Gasteiger partial charge is 0.459 e. The summed E-state index contributed by atoms with van der Waals surface area (Å²) >= 11 is 8.95. The van der Waals surface area contributed by atoms with Crippen LogP contribution in [-0.4, -0.2) is 52.6 Å². The first-order chi connectivity index (χ1) is 17.0. The number of nitrogens with zero attached hydrogens (tertiary/aromatic N) is 1. The lowest BCUT2D eigenvalue weighted by Gasteiger charge is -2.24. The average molecular weight is 609 g/mol. The number of carbonyl (C=O) groups is 1. The summed E-state index contributed by atoms with van der Waals surface area (Å²) < 4.78 is 36.1. The van der Waals surface area contributed by atoms with E-state index in [0.717, 1.165) is 4.57 Å². The lowest BCUT2D eigenvalue weighted by molar-refractivity contribution is -0.142. The number of aliphatic hydroxyl groups is 1. The predicted octanol–water partition coefficient (Wildman–Crippen LogP) is 2.56. The van der Waals surface area contributed by atoms with Gasteiger partial charge in [-0.1, -0.05) is 27.5 Å². The van der Waals surface area contributed by atoms with Gasteiger partial charge in [0, 0.05) is 17.6 Å². The first-order valence-electron chi connectivity index (χ1n) is 10.6. The molecule has 1 fully saturated rings. The Balaban J connectivity index is 1.76. The van der Waals surface area contributed by atoms with E-state index in [0.29, 0.717) is 5.02 Å². The van der Waals surface area contributed by atoms with Crippen LogP contribution in [0.15, 0.2) is 45.0 Å². The zero-order valence-electron chi connectivity index (χ0n) is 19.1. The summed E-state index contributed by atoms with van der Waals surface area (Å²) in [6.45, 7) is 0.987. The maximum atomic E-state index is 13.5. The Labute approximate surface area is 218 Å². The van der Waals surface area contributed by atoms with Crippen molar-refractivity contribution in [2.45, 2.75) is 37.8 Å². The van der Waals surface area contributed by atoms with Crippen LogP contribution in [0, 0.1) is 0 Å². The Morgan fingerprint density at radius 2 is 2.11 bits per heavy atom. The maximum absolute atomic E-state index is 13.5. The molecule has 1 aromatic carbocycles. The molecule has 0 aliphatic carbocycles. The van der Waals surface area contributed by atoms with Crippen LogP contribution < -0.4 is 20.9 Å². The molecule has 0 saturated carbocycles. The number of rotatable bonds is 10. The summed E-state index contributed by atoms with van der Waals surface area (Å²) in [6.07, 6.45) is -0.315. The van der Waals surface area contributed by atoms with E-state index in [4.69, 9.17) is 25.4 Å². The summed E-state index contributed by atoms with van der Waals surface area (Å²) in [7, 11) is -3.02. The van der Waals surface area contributed by atoms with Gasteiger partial charge in [0.15, 0.2) is 0 Å². The molecule has 15 heteroatoms. The van der Waals surface area contributed by atoms with Gasteiger partial charge in [0.25, 0.3) is 5.56 Å². The molecule has 0 bridgehead atoms. The monoisotopic (exact) mass is 607 g/mol. The van der Waals surface area contributed by atoms with Crippen molar-refractivity contribution >= 4 is 47.3 Å². The molecule has 2 heterocycles. The van der Waals surface area contributed by atoms with Gasteiger partial charge in [-0.15, -0.1) is 0 Å². The van der Waals surface area contributed by atoms with Gasteiger partial charge in [-0.3, -0.25) is 23.7 Å². The third-order valence-corrected chi connectivity index (χ3v) is 7.27. The Bertz CT molecular complexity index is 1270. The molecule has 1 aliphatic rings. The molecular formula is C21H24BrClN3O9P. The molecular weight excluding hydrogens is 585 g/mol. The first-order valence-corrected chi connectivity index (χ1v) is 13.4. The summed E-state index contributed by atoms with van der Waals surface area (Å²) in [5, 5.41) is 13.4. The van der Waals surface area contributed by atoms with Gasteiger partial charge in [-0.2, -0.15) is 5.09 Å². The van der Waals surface area contributed by atoms with E-state index in [1.807, 2.05) is 0 Å². The molecule has 1 aromatic heterocycles. The van der Waals surface area contributed by atoms with Crippen molar-refractivity contribution in [2.24, 2.45) is 0 Å². The van der Waals surface area contributed by atoms with Crippen molar-refractivity contribution in [3.05, 3.63) is 66.9 Å². The fraction of sp³-hybridized carbons (Fsp3) is 0.381. The molecule has 3 N–H and O–H groups in total.